The van der Waals surface area contributed by atoms with Gasteiger partial charge >= 0.3 is 0 Å². The van der Waals surface area contributed by atoms with Crippen LogP contribution in [0.2, 0.25) is 0 Å². The van der Waals surface area contributed by atoms with Crippen molar-refractivity contribution in [3.05, 3.63) is 136 Å². The molecule has 0 bridgehead atoms. The van der Waals surface area contributed by atoms with Gasteiger partial charge in [0.2, 0.25) is 0 Å². The molecule has 0 N–H and O–H groups in total. The lowest BCUT2D eigenvalue weighted by atomic mass is 10.1. The molecule has 0 saturated heterocycles. The molecule has 0 atom stereocenters. The third kappa shape index (κ3) is 4.18. The summed E-state index contributed by atoms with van der Waals surface area (Å²) in [6, 6.07) is 29.6. The molecule has 0 saturated carbocycles. The highest BCUT2D eigenvalue weighted by Crippen LogP contribution is 2.38. The van der Waals surface area contributed by atoms with Crippen LogP contribution in [0.15, 0.2) is 132 Å². The molecule has 0 spiro atoms. The van der Waals surface area contributed by atoms with Crippen LogP contribution in [0.4, 0.5) is 0 Å². The molecule has 0 aliphatic carbocycles. The molecule has 7 aromatic rings. The van der Waals surface area contributed by atoms with Crippen LogP contribution < -0.4 is 5.56 Å². The predicted octanol–water partition coefficient (Wildman–Crippen LogP) is 7.30. The summed E-state index contributed by atoms with van der Waals surface area (Å²) in [5, 5.41) is 12.3. The zero-order valence-electron chi connectivity index (χ0n) is 22.3. The van der Waals surface area contributed by atoms with E-state index in [2.05, 4.69) is 4.98 Å². The summed E-state index contributed by atoms with van der Waals surface area (Å²) < 4.78 is 16.0. The number of para-hydroxylation sites is 3. The molecule has 8 rings (SSSR count). The van der Waals surface area contributed by atoms with Crippen LogP contribution in [-0.2, 0) is 0 Å². The van der Waals surface area contributed by atoms with Gasteiger partial charge in [-0.05, 0) is 61.2 Å². The zero-order chi connectivity index (χ0) is 28.2. The number of nitrogens with zero attached hydrogens (tertiary/aromatic N) is 5. The predicted molar refractivity (Wildman–Crippen MR) is 164 cm³/mol. The van der Waals surface area contributed by atoms with Crippen molar-refractivity contribution < 1.29 is 8.83 Å². The molecule has 1 aliphatic heterocycles. The first-order chi connectivity index (χ1) is 20.6. The summed E-state index contributed by atoms with van der Waals surface area (Å²) in [6.45, 7) is 1.73. The third-order valence-electron chi connectivity index (χ3n) is 7.06. The minimum Gasteiger partial charge on any atom is -0.454 e. The van der Waals surface area contributed by atoms with E-state index < -0.39 is 0 Å². The van der Waals surface area contributed by atoms with Crippen LogP contribution in [0.5, 0.6) is 0 Å². The molecule has 3 aromatic carbocycles. The lowest BCUT2D eigenvalue weighted by Crippen LogP contribution is -2.20. The molecule has 0 radical (unpaired) electrons. The molecule has 0 unspecified atom stereocenters. The second-order valence-corrected chi connectivity index (χ2v) is 10.9. The van der Waals surface area contributed by atoms with Crippen molar-refractivity contribution in [2.45, 2.75) is 12.1 Å². The van der Waals surface area contributed by atoms with E-state index >= 15 is 0 Å². The van der Waals surface area contributed by atoms with Crippen LogP contribution in [0.25, 0.3) is 45.2 Å². The molecule has 202 valence electrons. The Bertz CT molecular complexity index is 2200. The van der Waals surface area contributed by atoms with Crippen molar-refractivity contribution in [1.82, 2.24) is 19.4 Å². The number of allylic oxidation sites excluding steroid dienone is 1. The van der Waals surface area contributed by atoms with Gasteiger partial charge in [-0.2, -0.15) is 15.2 Å². The molecule has 1 aliphatic rings. The maximum atomic E-state index is 12.5. The molecule has 0 amide bonds. The largest absolute Gasteiger partial charge is 0.454 e. The van der Waals surface area contributed by atoms with E-state index in [1.54, 1.807) is 17.8 Å². The van der Waals surface area contributed by atoms with Crippen molar-refractivity contribution in [2.24, 2.45) is 5.10 Å². The maximum absolute atomic E-state index is 12.5. The highest BCUT2D eigenvalue weighted by atomic mass is 32.2. The number of benzene rings is 3. The number of aromatic nitrogens is 4. The van der Waals surface area contributed by atoms with E-state index in [1.807, 2.05) is 108 Å². The number of aryl methyl sites for hydroxylation is 1. The van der Waals surface area contributed by atoms with Crippen molar-refractivity contribution in [3.63, 3.8) is 0 Å². The summed E-state index contributed by atoms with van der Waals surface area (Å²) in [5.74, 6) is 1.25. The Morgan fingerprint density at radius 2 is 1.48 bits per heavy atom. The van der Waals surface area contributed by atoms with Crippen molar-refractivity contribution in [1.29, 1.82) is 0 Å². The standard InChI is InChI=1S/C33H21N5O3S/c1-20-18-38-33(34-32(20)39)42-29(31(36-38)28-16-22-10-6-8-14-26(22)41-28)17-23-19-37(24-11-3-2-4-12-24)35-30(23)27-15-21-9-5-7-13-25(21)40-27/h2-19H,1H3/b29-17-. The SMILES string of the molecule is Cc1cn2c(nc1=O)S/C(=C\c1cn(-c3ccccc3)nc1-c1cc3ccccc3o1)C(c1cc3ccccc3o1)=N2. The van der Waals surface area contributed by atoms with Gasteiger partial charge in [-0.3, -0.25) is 4.79 Å². The number of rotatable bonds is 4. The molecular formula is C33H21N5O3S. The van der Waals surface area contributed by atoms with E-state index in [1.165, 1.54) is 11.8 Å². The minimum absolute atomic E-state index is 0.282. The second-order valence-electron chi connectivity index (χ2n) is 9.93. The lowest BCUT2D eigenvalue weighted by Gasteiger charge is -2.17. The Labute approximate surface area is 243 Å². The number of fused-ring (bicyclic) bond motifs is 3. The second kappa shape index (κ2) is 9.60. The van der Waals surface area contributed by atoms with Gasteiger partial charge in [-0.1, -0.05) is 54.6 Å². The lowest BCUT2D eigenvalue weighted by molar-refractivity contribution is 0.600. The van der Waals surface area contributed by atoms with Crippen LogP contribution in [-0.4, -0.2) is 25.2 Å². The smallest absolute Gasteiger partial charge is 0.276 e. The monoisotopic (exact) mass is 567 g/mol. The Kier molecular flexibility index (Phi) is 5.58. The van der Waals surface area contributed by atoms with Crippen LogP contribution in [0.3, 0.4) is 0 Å². The quantitative estimate of drug-likeness (QED) is 0.207. The Hall–Kier alpha value is -5.41. The van der Waals surface area contributed by atoms with Gasteiger partial charge in [-0.15, -0.1) is 0 Å². The summed E-state index contributed by atoms with van der Waals surface area (Å²) in [7, 11) is 0. The van der Waals surface area contributed by atoms with Gasteiger partial charge < -0.3 is 8.83 Å². The van der Waals surface area contributed by atoms with Gasteiger partial charge in [0.25, 0.3) is 5.56 Å². The first kappa shape index (κ1) is 24.4. The first-order valence-electron chi connectivity index (χ1n) is 13.3. The summed E-state index contributed by atoms with van der Waals surface area (Å²) in [6.07, 6.45) is 5.66. The molecule has 4 aromatic heterocycles. The normalized spacial score (nSPS) is 14.0. The fraction of sp³-hybridized carbons (Fsp3) is 0.0303. The summed E-state index contributed by atoms with van der Waals surface area (Å²) in [5.41, 5.74) is 4.79. The van der Waals surface area contributed by atoms with E-state index in [-0.39, 0.29) is 5.56 Å². The fourth-order valence-electron chi connectivity index (χ4n) is 4.97. The summed E-state index contributed by atoms with van der Waals surface area (Å²) >= 11 is 1.36. The highest BCUT2D eigenvalue weighted by molar-refractivity contribution is 8.04. The molecular weight excluding hydrogens is 546 g/mol. The average molecular weight is 568 g/mol. The van der Waals surface area contributed by atoms with Gasteiger partial charge in [0.15, 0.2) is 16.7 Å². The molecule has 42 heavy (non-hydrogen) atoms. The van der Waals surface area contributed by atoms with Crippen molar-refractivity contribution in [2.75, 3.05) is 0 Å². The van der Waals surface area contributed by atoms with Crippen LogP contribution >= 0.6 is 11.8 Å². The van der Waals surface area contributed by atoms with E-state index in [0.717, 1.165) is 38.1 Å². The van der Waals surface area contributed by atoms with Gasteiger partial charge in [-0.25, -0.2) is 9.36 Å². The zero-order valence-corrected chi connectivity index (χ0v) is 23.1. The topological polar surface area (TPSA) is 91.3 Å². The Morgan fingerprint density at radius 1 is 0.810 bits per heavy atom. The Balaban J connectivity index is 1.34. The molecule has 9 heteroatoms. The van der Waals surface area contributed by atoms with Gasteiger partial charge in [0.05, 0.1) is 5.69 Å². The van der Waals surface area contributed by atoms with Gasteiger partial charge in [0.1, 0.15) is 22.6 Å². The van der Waals surface area contributed by atoms with Gasteiger partial charge in [0, 0.05) is 39.2 Å². The van der Waals surface area contributed by atoms with Crippen LogP contribution in [0.1, 0.15) is 16.9 Å². The molecule has 8 nitrogen and oxygen atoms in total. The highest BCUT2D eigenvalue weighted by Gasteiger charge is 2.26. The summed E-state index contributed by atoms with van der Waals surface area (Å²) in [4.78, 5) is 17.5. The number of hydrogen-bond acceptors (Lipinski definition) is 7. The number of furan rings is 2. The maximum Gasteiger partial charge on any atom is 0.276 e. The van der Waals surface area contributed by atoms with E-state index in [4.69, 9.17) is 19.0 Å². The molecule has 5 heterocycles. The van der Waals surface area contributed by atoms with E-state index in [9.17, 15) is 4.79 Å². The minimum atomic E-state index is -0.282. The van der Waals surface area contributed by atoms with Crippen LogP contribution in [0, 0.1) is 6.92 Å². The Morgan fingerprint density at radius 3 is 2.21 bits per heavy atom. The number of hydrogen-bond donors (Lipinski definition) is 0. The average Bonchev–Trinajstić information content (AvgIpc) is 3.74. The number of thioether (sulfide) groups is 1. The fourth-order valence-corrected chi connectivity index (χ4v) is 5.91. The van der Waals surface area contributed by atoms with Crippen molar-refractivity contribution in [3.8, 4) is 17.1 Å². The molecule has 0 fully saturated rings. The van der Waals surface area contributed by atoms with Crippen molar-refractivity contribution >= 4 is 45.5 Å². The van der Waals surface area contributed by atoms with E-state index in [0.29, 0.717) is 33.6 Å². The first-order valence-corrected chi connectivity index (χ1v) is 14.1. The third-order valence-corrected chi connectivity index (χ3v) is 8.05.